The van der Waals surface area contributed by atoms with E-state index in [4.69, 9.17) is 10.5 Å². The van der Waals surface area contributed by atoms with Crippen molar-refractivity contribution in [3.63, 3.8) is 0 Å². The molecule has 2 heterocycles. The molecular weight excluding hydrogens is 344 g/mol. The Morgan fingerprint density at radius 1 is 1.07 bits per heavy atom. The minimum Gasteiger partial charge on any atom is -0.381 e. The molecule has 0 radical (unpaired) electrons. The lowest BCUT2D eigenvalue weighted by molar-refractivity contribution is -0.148. The number of nitrogens with two attached hydrogens (primary N) is 1. The minimum atomic E-state index is -0.492. The van der Waals surface area contributed by atoms with Crippen LogP contribution >= 0.6 is 0 Å². The van der Waals surface area contributed by atoms with Gasteiger partial charge in [-0.2, -0.15) is 0 Å². The van der Waals surface area contributed by atoms with E-state index in [1.165, 1.54) is 0 Å². The summed E-state index contributed by atoms with van der Waals surface area (Å²) >= 11 is 0. The lowest BCUT2D eigenvalue weighted by Crippen LogP contribution is -2.58. The summed E-state index contributed by atoms with van der Waals surface area (Å²) < 4.78 is 5.40. The molecule has 3 amide bonds. The Morgan fingerprint density at radius 3 is 2.26 bits per heavy atom. The van der Waals surface area contributed by atoms with E-state index in [1.807, 2.05) is 47.2 Å². The van der Waals surface area contributed by atoms with Crippen molar-refractivity contribution in [2.75, 3.05) is 53.0 Å². The Labute approximate surface area is 161 Å². The number of amides is 3. The maximum atomic E-state index is 13.0. The molecule has 0 spiro atoms. The van der Waals surface area contributed by atoms with Crippen molar-refractivity contribution in [1.29, 1.82) is 0 Å². The Balaban J connectivity index is 1.53. The predicted molar refractivity (Wildman–Crippen MR) is 103 cm³/mol. The van der Waals surface area contributed by atoms with Crippen LogP contribution in [0, 0.1) is 5.41 Å². The second-order valence-corrected chi connectivity index (χ2v) is 7.50. The number of benzene rings is 1. The topological polar surface area (TPSA) is 79.1 Å². The molecule has 3 rings (SSSR count). The van der Waals surface area contributed by atoms with Crippen molar-refractivity contribution in [3.8, 4) is 0 Å². The van der Waals surface area contributed by atoms with Crippen LogP contribution in [0.25, 0.3) is 0 Å². The van der Waals surface area contributed by atoms with Crippen LogP contribution in [0.5, 0.6) is 0 Å². The normalized spacial score (nSPS) is 19.6. The molecule has 2 fully saturated rings. The number of carbonyl (C=O) groups excluding carboxylic acids is 2. The average Bonchev–Trinajstić information content (AvgIpc) is 2.74. The third kappa shape index (κ3) is 4.42. The third-order valence-electron chi connectivity index (χ3n) is 5.72. The lowest BCUT2D eigenvalue weighted by Gasteiger charge is -2.42. The van der Waals surface area contributed by atoms with Crippen LogP contribution in [0.4, 0.5) is 4.79 Å². The summed E-state index contributed by atoms with van der Waals surface area (Å²) in [5.74, 6) is 0.123. The van der Waals surface area contributed by atoms with Gasteiger partial charge in [0.15, 0.2) is 0 Å². The minimum absolute atomic E-state index is 0.00514. The van der Waals surface area contributed by atoms with Gasteiger partial charge in [-0.3, -0.25) is 4.79 Å². The van der Waals surface area contributed by atoms with Gasteiger partial charge >= 0.3 is 6.03 Å². The van der Waals surface area contributed by atoms with Gasteiger partial charge in [-0.15, -0.1) is 0 Å². The molecule has 0 aromatic heterocycles. The summed E-state index contributed by atoms with van der Waals surface area (Å²) in [5.41, 5.74) is 6.57. The highest BCUT2D eigenvalue weighted by atomic mass is 16.5. The van der Waals surface area contributed by atoms with Crippen molar-refractivity contribution in [2.45, 2.75) is 19.4 Å². The number of piperazine rings is 1. The lowest BCUT2D eigenvalue weighted by atomic mass is 9.78. The molecule has 0 saturated carbocycles. The molecule has 2 aliphatic heterocycles. The molecule has 27 heavy (non-hydrogen) atoms. The second kappa shape index (κ2) is 8.71. The maximum Gasteiger partial charge on any atom is 0.320 e. The van der Waals surface area contributed by atoms with E-state index in [0.717, 1.165) is 5.56 Å². The Bertz CT molecular complexity index is 638. The van der Waals surface area contributed by atoms with E-state index >= 15 is 0 Å². The highest BCUT2D eigenvalue weighted by molar-refractivity contribution is 5.83. The molecule has 0 atom stereocenters. The molecule has 2 N–H and O–H groups in total. The Morgan fingerprint density at radius 2 is 1.67 bits per heavy atom. The SMILES string of the molecule is CN(Cc1ccccc1)C(=O)N1CCN(C(=O)C2(CN)CCOCC2)CC1. The summed E-state index contributed by atoms with van der Waals surface area (Å²) in [6.45, 7) is 4.35. The molecular formula is C20H30N4O3. The van der Waals surface area contributed by atoms with Gasteiger partial charge in [0.1, 0.15) is 0 Å². The fraction of sp³-hybridized carbons (Fsp3) is 0.600. The highest BCUT2D eigenvalue weighted by Gasteiger charge is 2.42. The quantitative estimate of drug-likeness (QED) is 0.857. The molecule has 0 aliphatic carbocycles. The molecule has 148 valence electrons. The number of nitrogens with zero attached hydrogens (tertiary/aromatic N) is 3. The van der Waals surface area contributed by atoms with Crippen LogP contribution in [0.1, 0.15) is 18.4 Å². The second-order valence-electron chi connectivity index (χ2n) is 7.50. The van der Waals surface area contributed by atoms with Crippen molar-refractivity contribution in [2.24, 2.45) is 11.1 Å². The molecule has 7 nitrogen and oxygen atoms in total. The van der Waals surface area contributed by atoms with Crippen LogP contribution in [0.3, 0.4) is 0 Å². The van der Waals surface area contributed by atoms with Crippen molar-refractivity contribution in [1.82, 2.24) is 14.7 Å². The summed E-state index contributed by atoms with van der Waals surface area (Å²) in [7, 11) is 1.82. The first-order chi connectivity index (χ1) is 13.1. The van der Waals surface area contributed by atoms with Gasteiger partial charge in [0, 0.05) is 59.5 Å². The first kappa shape index (κ1) is 19.6. The summed E-state index contributed by atoms with van der Waals surface area (Å²) in [5, 5.41) is 0. The number of rotatable bonds is 4. The number of carbonyl (C=O) groups is 2. The van der Waals surface area contributed by atoms with Crippen LogP contribution in [0.15, 0.2) is 30.3 Å². The van der Waals surface area contributed by atoms with Gasteiger partial charge in [0.05, 0.1) is 5.41 Å². The van der Waals surface area contributed by atoms with Crippen molar-refractivity contribution < 1.29 is 14.3 Å². The van der Waals surface area contributed by atoms with Crippen LogP contribution < -0.4 is 5.73 Å². The zero-order valence-corrected chi connectivity index (χ0v) is 16.1. The summed E-state index contributed by atoms with van der Waals surface area (Å²) in [4.78, 5) is 31.2. The standard InChI is InChI=1S/C20H30N4O3/c1-22(15-17-5-3-2-4-6-17)19(26)24-11-9-23(10-12-24)18(25)20(16-21)7-13-27-14-8-20/h2-6H,7-16,21H2,1H3. The molecule has 2 saturated heterocycles. The number of urea groups is 1. The summed E-state index contributed by atoms with van der Waals surface area (Å²) in [6.07, 6.45) is 1.36. The smallest absolute Gasteiger partial charge is 0.320 e. The van der Waals surface area contributed by atoms with Gasteiger partial charge in [0.2, 0.25) is 5.91 Å². The molecule has 1 aromatic carbocycles. The van der Waals surface area contributed by atoms with Crippen molar-refractivity contribution in [3.05, 3.63) is 35.9 Å². The van der Waals surface area contributed by atoms with Gasteiger partial charge in [0.25, 0.3) is 0 Å². The maximum absolute atomic E-state index is 13.0. The summed E-state index contributed by atoms with van der Waals surface area (Å²) in [6, 6.07) is 9.95. The predicted octanol–water partition coefficient (Wildman–Crippen LogP) is 1.14. The zero-order chi connectivity index (χ0) is 19.3. The monoisotopic (exact) mass is 374 g/mol. The van der Waals surface area contributed by atoms with Gasteiger partial charge in [-0.25, -0.2) is 4.79 Å². The van der Waals surface area contributed by atoms with E-state index in [9.17, 15) is 9.59 Å². The van der Waals surface area contributed by atoms with E-state index < -0.39 is 5.41 Å². The number of hydrogen-bond donors (Lipinski definition) is 1. The Hall–Kier alpha value is -2.12. The van der Waals surface area contributed by atoms with Crippen LogP contribution in [0.2, 0.25) is 0 Å². The van der Waals surface area contributed by atoms with Gasteiger partial charge < -0.3 is 25.2 Å². The zero-order valence-electron chi connectivity index (χ0n) is 16.1. The van der Waals surface area contributed by atoms with E-state index in [2.05, 4.69) is 0 Å². The van der Waals surface area contributed by atoms with Crippen molar-refractivity contribution >= 4 is 11.9 Å². The largest absolute Gasteiger partial charge is 0.381 e. The highest BCUT2D eigenvalue weighted by Crippen LogP contribution is 2.32. The number of ether oxygens (including phenoxy) is 1. The van der Waals surface area contributed by atoms with Crippen LogP contribution in [-0.2, 0) is 16.1 Å². The fourth-order valence-electron chi connectivity index (χ4n) is 3.87. The van der Waals surface area contributed by atoms with Gasteiger partial charge in [-0.1, -0.05) is 30.3 Å². The Kier molecular flexibility index (Phi) is 6.34. The molecule has 1 aromatic rings. The fourth-order valence-corrected chi connectivity index (χ4v) is 3.87. The average molecular weight is 374 g/mol. The number of hydrogen-bond acceptors (Lipinski definition) is 4. The first-order valence-corrected chi connectivity index (χ1v) is 9.67. The van der Waals surface area contributed by atoms with E-state index in [1.54, 1.807) is 4.90 Å². The van der Waals surface area contributed by atoms with E-state index in [-0.39, 0.29) is 11.9 Å². The molecule has 7 heteroatoms. The van der Waals surface area contributed by atoms with E-state index in [0.29, 0.717) is 65.3 Å². The van der Waals surface area contributed by atoms with Gasteiger partial charge in [-0.05, 0) is 18.4 Å². The molecule has 0 bridgehead atoms. The third-order valence-corrected chi connectivity index (χ3v) is 5.72. The first-order valence-electron chi connectivity index (χ1n) is 9.67. The van der Waals surface area contributed by atoms with Crippen LogP contribution in [-0.4, -0.2) is 79.6 Å². The molecule has 0 unspecified atom stereocenters. The molecule has 2 aliphatic rings.